The Morgan fingerprint density at radius 1 is 0.436 bits per heavy atom. The number of aromatic nitrogens is 1. The van der Waals surface area contributed by atoms with Crippen LogP contribution in [0.3, 0.4) is 0 Å². The van der Waals surface area contributed by atoms with E-state index in [1.54, 1.807) is 0 Å². The summed E-state index contributed by atoms with van der Waals surface area (Å²) in [6, 6.07) is 45.9. The van der Waals surface area contributed by atoms with Crippen LogP contribution in [-0.4, -0.2) is 4.57 Å². The van der Waals surface area contributed by atoms with Crippen LogP contribution < -0.4 is 0 Å². The Balaban J connectivity index is 1.22. The van der Waals surface area contributed by atoms with E-state index in [1.807, 2.05) is 23.5 Å². The van der Waals surface area contributed by atoms with Crippen LogP contribution in [0.2, 0.25) is 0 Å². The number of nitrogens with zero attached hydrogens (tertiary/aromatic N) is 1. The predicted octanol–water partition coefficient (Wildman–Crippen LogP) is 10.7. The van der Waals surface area contributed by atoms with Gasteiger partial charge in [-0.1, -0.05) is 72.8 Å². The fourth-order valence-corrected chi connectivity index (χ4v) is 7.31. The Kier molecular flexibility index (Phi) is 4.24. The normalized spacial score (nSPS) is 12.1. The van der Waals surface area contributed by atoms with E-state index >= 15 is 0 Å². The highest BCUT2D eigenvalue weighted by Gasteiger charge is 2.14. The fraction of sp³-hybridized carbons (Fsp3) is 0. The maximum absolute atomic E-state index is 6.05. The molecule has 0 atom stereocenters. The van der Waals surface area contributed by atoms with Gasteiger partial charge in [-0.25, -0.2) is 0 Å². The standard InChI is InChI=1S/C36H21NOS/c1-4-10-31-25(7-1)26-8-2-5-11-32(26)37(31)24-15-16-28-30-20-23(14-18-35(30)39-36(28)21-24)22-13-17-34-29(19-22)27-9-3-6-12-33(27)38-34/h1-21H. The van der Waals surface area contributed by atoms with Crippen LogP contribution >= 0.6 is 11.3 Å². The molecule has 0 saturated carbocycles. The second kappa shape index (κ2) is 7.83. The van der Waals surface area contributed by atoms with E-state index in [2.05, 4.69) is 120 Å². The highest BCUT2D eigenvalue weighted by molar-refractivity contribution is 7.25. The molecule has 0 aliphatic carbocycles. The van der Waals surface area contributed by atoms with Crippen LogP contribution in [-0.2, 0) is 0 Å². The largest absolute Gasteiger partial charge is 0.456 e. The Labute approximate surface area is 227 Å². The molecular weight excluding hydrogens is 494 g/mol. The average molecular weight is 516 g/mol. The Morgan fingerprint density at radius 3 is 1.87 bits per heavy atom. The number of para-hydroxylation sites is 3. The molecule has 0 radical (unpaired) electrons. The van der Waals surface area contributed by atoms with Gasteiger partial charge in [-0.15, -0.1) is 11.3 Å². The van der Waals surface area contributed by atoms with Crippen molar-refractivity contribution in [3.8, 4) is 16.8 Å². The zero-order chi connectivity index (χ0) is 25.5. The van der Waals surface area contributed by atoms with Gasteiger partial charge in [0.25, 0.3) is 0 Å². The zero-order valence-electron chi connectivity index (χ0n) is 20.9. The molecule has 0 saturated heterocycles. The quantitative estimate of drug-likeness (QED) is 0.224. The van der Waals surface area contributed by atoms with Crippen molar-refractivity contribution in [3.63, 3.8) is 0 Å². The molecule has 9 rings (SSSR count). The smallest absolute Gasteiger partial charge is 0.135 e. The van der Waals surface area contributed by atoms with E-state index in [0.29, 0.717) is 0 Å². The molecule has 39 heavy (non-hydrogen) atoms. The average Bonchev–Trinajstić information content (AvgIpc) is 3.65. The molecule has 9 aromatic rings. The first kappa shape index (κ1) is 21.1. The van der Waals surface area contributed by atoms with Crippen LogP contribution in [0.5, 0.6) is 0 Å². The maximum Gasteiger partial charge on any atom is 0.135 e. The molecule has 0 bridgehead atoms. The predicted molar refractivity (Wildman–Crippen MR) is 166 cm³/mol. The van der Waals surface area contributed by atoms with Crippen molar-refractivity contribution in [1.29, 1.82) is 0 Å². The molecule has 0 aliphatic heterocycles. The molecule has 0 fully saturated rings. The summed E-state index contributed by atoms with van der Waals surface area (Å²) in [4.78, 5) is 0. The van der Waals surface area contributed by atoms with Gasteiger partial charge in [-0.05, 0) is 65.7 Å². The van der Waals surface area contributed by atoms with Crippen molar-refractivity contribution >= 4 is 75.3 Å². The molecule has 0 amide bonds. The van der Waals surface area contributed by atoms with Gasteiger partial charge in [0.1, 0.15) is 11.2 Å². The monoisotopic (exact) mass is 515 g/mol. The van der Waals surface area contributed by atoms with E-state index in [9.17, 15) is 0 Å². The van der Waals surface area contributed by atoms with Crippen molar-refractivity contribution in [2.24, 2.45) is 0 Å². The van der Waals surface area contributed by atoms with Gasteiger partial charge in [0, 0.05) is 47.4 Å². The molecule has 0 spiro atoms. The third-order valence-electron chi connectivity index (χ3n) is 8.00. The molecule has 0 aliphatic rings. The second-order valence-electron chi connectivity index (χ2n) is 10.2. The summed E-state index contributed by atoms with van der Waals surface area (Å²) in [7, 11) is 0. The van der Waals surface area contributed by atoms with E-state index in [-0.39, 0.29) is 0 Å². The lowest BCUT2D eigenvalue weighted by Crippen LogP contribution is -1.92. The third kappa shape index (κ3) is 3.02. The molecular formula is C36H21NOS. The summed E-state index contributed by atoms with van der Waals surface area (Å²) in [5, 5.41) is 7.51. The lowest BCUT2D eigenvalue weighted by Gasteiger charge is -2.08. The molecule has 3 heteroatoms. The minimum absolute atomic E-state index is 0.930. The summed E-state index contributed by atoms with van der Waals surface area (Å²) in [5.41, 5.74) is 7.97. The first-order chi connectivity index (χ1) is 19.3. The van der Waals surface area contributed by atoms with Gasteiger partial charge >= 0.3 is 0 Å². The fourth-order valence-electron chi connectivity index (χ4n) is 6.19. The van der Waals surface area contributed by atoms with Crippen LogP contribution in [0.1, 0.15) is 0 Å². The van der Waals surface area contributed by atoms with Gasteiger partial charge in [0.2, 0.25) is 0 Å². The van der Waals surface area contributed by atoms with Gasteiger partial charge in [-0.3, -0.25) is 0 Å². The number of rotatable bonds is 2. The maximum atomic E-state index is 6.05. The topological polar surface area (TPSA) is 18.1 Å². The van der Waals surface area contributed by atoms with E-state index in [1.165, 1.54) is 58.8 Å². The summed E-state index contributed by atoms with van der Waals surface area (Å²) in [5.74, 6) is 0. The molecule has 3 aromatic heterocycles. The molecule has 0 N–H and O–H groups in total. The molecule has 2 nitrogen and oxygen atoms in total. The number of benzene rings is 6. The van der Waals surface area contributed by atoms with Gasteiger partial charge < -0.3 is 8.98 Å². The molecule has 182 valence electrons. The second-order valence-corrected chi connectivity index (χ2v) is 11.3. The lowest BCUT2D eigenvalue weighted by atomic mass is 10.0. The highest BCUT2D eigenvalue weighted by Crippen LogP contribution is 2.40. The number of hydrogen-bond donors (Lipinski definition) is 0. The zero-order valence-corrected chi connectivity index (χ0v) is 21.7. The SMILES string of the molecule is c1ccc2c(c1)oc1ccc(-c3ccc4sc5cc(-n6c7ccccc7c7ccccc76)ccc5c4c3)cc12. The Bertz CT molecular complexity index is 2350. The van der Waals surface area contributed by atoms with Crippen LogP contribution in [0.15, 0.2) is 132 Å². The van der Waals surface area contributed by atoms with Crippen molar-refractivity contribution in [3.05, 3.63) is 127 Å². The Hall–Kier alpha value is -4.86. The molecule has 3 heterocycles. The minimum Gasteiger partial charge on any atom is -0.456 e. The molecule has 0 unspecified atom stereocenters. The highest BCUT2D eigenvalue weighted by atomic mass is 32.1. The van der Waals surface area contributed by atoms with E-state index in [0.717, 1.165) is 21.9 Å². The molecule has 6 aromatic carbocycles. The number of thiophene rings is 1. The minimum atomic E-state index is 0.930. The summed E-state index contributed by atoms with van der Waals surface area (Å²) in [6.07, 6.45) is 0. The van der Waals surface area contributed by atoms with Crippen LogP contribution in [0.25, 0.3) is 80.7 Å². The summed E-state index contributed by atoms with van der Waals surface area (Å²) in [6.45, 7) is 0. The van der Waals surface area contributed by atoms with Gasteiger partial charge in [0.05, 0.1) is 11.0 Å². The lowest BCUT2D eigenvalue weighted by molar-refractivity contribution is 0.669. The van der Waals surface area contributed by atoms with E-state index < -0.39 is 0 Å². The van der Waals surface area contributed by atoms with Gasteiger partial charge in [-0.2, -0.15) is 0 Å². The van der Waals surface area contributed by atoms with E-state index in [4.69, 9.17) is 4.42 Å². The first-order valence-electron chi connectivity index (χ1n) is 13.2. The summed E-state index contributed by atoms with van der Waals surface area (Å²) >= 11 is 1.87. The number of fused-ring (bicyclic) bond motifs is 9. The van der Waals surface area contributed by atoms with Crippen molar-refractivity contribution in [1.82, 2.24) is 4.57 Å². The summed E-state index contributed by atoms with van der Waals surface area (Å²) < 4.78 is 11.1. The van der Waals surface area contributed by atoms with Crippen molar-refractivity contribution < 1.29 is 4.42 Å². The van der Waals surface area contributed by atoms with Gasteiger partial charge in [0.15, 0.2) is 0 Å². The number of hydrogen-bond acceptors (Lipinski definition) is 2. The first-order valence-corrected chi connectivity index (χ1v) is 14.0. The van der Waals surface area contributed by atoms with Crippen molar-refractivity contribution in [2.75, 3.05) is 0 Å². The van der Waals surface area contributed by atoms with Crippen LogP contribution in [0.4, 0.5) is 0 Å². The van der Waals surface area contributed by atoms with Crippen molar-refractivity contribution in [2.45, 2.75) is 0 Å². The number of furan rings is 1. The van der Waals surface area contributed by atoms with Crippen LogP contribution in [0, 0.1) is 0 Å². The third-order valence-corrected chi connectivity index (χ3v) is 9.14. The Morgan fingerprint density at radius 2 is 1.08 bits per heavy atom.